The fourth-order valence-electron chi connectivity index (χ4n) is 1.58. The number of rotatable bonds is 3. The van der Waals surface area contributed by atoms with Gasteiger partial charge in [0.15, 0.2) is 0 Å². The molecule has 0 saturated carbocycles. The van der Waals surface area contributed by atoms with E-state index >= 15 is 0 Å². The zero-order valence-corrected chi connectivity index (χ0v) is 10.0. The maximum Gasteiger partial charge on any atom is 0.419 e. The highest BCUT2D eigenvalue weighted by molar-refractivity contribution is 5.41. The van der Waals surface area contributed by atoms with Gasteiger partial charge in [0.05, 0.1) is 17.4 Å². The van der Waals surface area contributed by atoms with Crippen molar-refractivity contribution in [3.63, 3.8) is 0 Å². The van der Waals surface area contributed by atoms with Crippen molar-refractivity contribution in [2.75, 3.05) is 5.32 Å². The molecule has 2 rings (SSSR count). The van der Waals surface area contributed by atoms with Crippen LogP contribution in [0.2, 0.25) is 0 Å². The maximum absolute atomic E-state index is 13.1. The van der Waals surface area contributed by atoms with Crippen LogP contribution in [-0.4, -0.2) is 4.98 Å². The van der Waals surface area contributed by atoms with E-state index in [2.05, 4.69) is 10.3 Å². The first-order valence-corrected chi connectivity index (χ1v) is 5.57. The van der Waals surface area contributed by atoms with Gasteiger partial charge in [0, 0.05) is 6.54 Å². The number of halogens is 5. The van der Waals surface area contributed by atoms with Crippen molar-refractivity contribution in [3.05, 3.63) is 59.4 Å². The molecule has 0 aliphatic carbocycles. The second kappa shape index (κ2) is 5.44. The molecule has 0 amide bonds. The summed E-state index contributed by atoms with van der Waals surface area (Å²) in [4.78, 5) is 3.39. The van der Waals surface area contributed by atoms with Crippen LogP contribution in [0.3, 0.4) is 0 Å². The van der Waals surface area contributed by atoms with E-state index in [1.165, 1.54) is 18.3 Å². The van der Waals surface area contributed by atoms with Gasteiger partial charge in [-0.1, -0.05) is 6.07 Å². The third kappa shape index (κ3) is 3.43. The number of nitrogens with one attached hydrogen (secondary N) is 1. The summed E-state index contributed by atoms with van der Waals surface area (Å²) in [5.41, 5.74) is -0.610. The summed E-state index contributed by atoms with van der Waals surface area (Å²) in [7, 11) is 0. The topological polar surface area (TPSA) is 24.9 Å². The van der Waals surface area contributed by atoms with Crippen molar-refractivity contribution in [2.45, 2.75) is 12.7 Å². The molecule has 0 spiro atoms. The van der Waals surface area contributed by atoms with Gasteiger partial charge in [-0.25, -0.2) is 9.37 Å². The Morgan fingerprint density at radius 2 is 1.80 bits per heavy atom. The molecule has 0 fully saturated rings. The van der Waals surface area contributed by atoms with Crippen LogP contribution in [-0.2, 0) is 12.7 Å². The van der Waals surface area contributed by atoms with Gasteiger partial charge in [-0.3, -0.25) is 0 Å². The maximum atomic E-state index is 13.1. The summed E-state index contributed by atoms with van der Waals surface area (Å²) in [5.74, 6) is -1.97. The van der Waals surface area contributed by atoms with E-state index in [4.69, 9.17) is 0 Å². The Hall–Kier alpha value is -2.18. The molecule has 0 aliphatic heterocycles. The Balaban J connectivity index is 2.12. The standard InChI is InChI=1S/C13H9F5N2/c14-11-3-1-8(5-10(11)13(16,17)18)6-19-9-2-4-12(15)20-7-9/h1-5,7,19H,6H2. The number of hydrogen-bond donors (Lipinski definition) is 1. The normalized spacial score (nSPS) is 11.4. The molecule has 1 aromatic carbocycles. The zero-order valence-electron chi connectivity index (χ0n) is 10.0. The molecule has 1 heterocycles. The van der Waals surface area contributed by atoms with Crippen LogP contribution in [0.4, 0.5) is 27.6 Å². The smallest absolute Gasteiger partial charge is 0.380 e. The number of pyridine rings is 1. The average molecular weight is 288 g/mol. The predicted molar refractivity (Wildman–Crippen MR) is 62.9 cm³/mol. The molecule has 0 atom stereocenters. The summed E-state index contributed by atoms with van der Waals surface area (Å²) < 4.78 is 63.2. The Bertz CT molecular complexity index is 593. The molecule has 1 N–H and O–H groups in total. The molecule has 0 saturated heterocycles. The van der Waals surface area contributed by atoms with Crippen LogP contribution in [0.15, 0.2) is 36.5 Å². The number of anilines is 1. The molecule has 106 valence electrons. The number of hydrogen-bond acceptors (Lipinski definition) is 2. The van der Waals surface area contributed by atoms with Gasteiger partial charge in [0.25, 0.3) is 0 Å². The van der Waals surface area contributed by atoms with E-state index in [-0.39, 0.29) is 12.1 Å². The van der Waals surface area contributed by atoms with Gasteiger partial charge < -0.3 is 5.32 Å². The van der Waals surface area contributed by atoms with Crippen LogP contribution < -0.4 is 5.32 Å². The van der Waals surface area contributed by atoms with E-state index in [0.717, 1.165) is 18.2 Å². The van der Waals surface area contributed by atoms with Gasteiger partial charge in [-0.05, 0) is 29.8 Å². The van der Waals surface area contributed by atoms with Gasteiger partial charge in [-0.15, -0.1) is 0 Å². The van der Waals surface area contributed by atoms with Crippen LogP contribution in [0.5, 0.6) is 0 Å². The second-order valence-electron chi connectivity index (χ2n) is 4.04. The Labute approximate surface area is 111 Å². The minimum atomic E-state index is -4.74. The van der Waals surface area contributed by atoms with Crippen LogP contribution >= 0.6 is 0 Å². The lowest BCUT2D eigenvalue weighted by Gasteiger charge is -2.11. The first-order valence-electron chi connectivity index (χ1n) is 5.57. The summed E-state index contributed by atoms with van der Waals surface area (Å²) in [5, 5.41) is 2.77. The van der Waals surface area contributed by atoms with Crippen LogP contribution in [0, 0.1) is 11.8 Å². The van der Waals surface area contributed by atoms with E-state index in [1.807, 2.05) is 0 Å². The van der Waals surface area contributed by atoms with Gasteiger partial charge in [-0.2, -0.15) is 17.6 Å². The molecule has 0 bridgehead atoms. The Kier molecular flexibility index (Phi) is 3.87. The molecular formula is C13H9F5N2. The van der Waals surface area contributed by atoms with E-state index in [9.17, 15) is 22.0 Å². The van der Waals surface area contributed by atoms with Crippen molar-refractivity contribution in [2.24, 2.45) is 0 Å². The molecule has 0 aliphatic rings. The Morgan fingerprint density at radius 3 is 2.40 bits per heavy atom. The third-order valence-corrected chi connectivity index (χ3v) is 2.56. The summed E-state index contributed by atoms with van der Waals surface area (Å²) >= 11 is 0. The molecule has 2 nitrogen and oxygen atoms in total. The molecule has 0 radical (unpaired) electrons. The first-order chi connectivity index (χ1) is 9.36. The van der Waals surface area contributed by atoms with Crippen molar-refractivity contribution in [3.8, 4) is 0 Å². The zero-order chi connectivity index (χ0) is 14.8. The van der Waals surface area contributed by atoms with E-state index in [1.54, 1.807) is 0 Å². The third-order valence-electron chi connectivity index (χ3n) is 2.56. The van der Waals surface area contributed by atoms with Gasteiger partial charge >= 0.3 is 6.18 Å². The summed E-state index contributed by atoms with van der Waals surface area (Å²) in [6.45, 7) is 0.0384. The fraction of sp³-hybridized carbons (Fsp3) is 0.154. The number of benzene rings is 1. The highest BCUT2D eigenvalue weighted by Crippen LogP contribution is 2.32. The Morgan fingerprint density at radius 1 is 1.05 bits per heavy atom. The average Bonchev–Trinajstić information content (AvgIpc) is 2.38. The predicted octanol–water partition coefficient (Wildman–Crippen LogP) is 3.99. The SMILES string of the molecule is Fc1ccc(NCc2ccc(F)c(C(F)(F)F)c2)cn1. The molecule has 1 aromatic heterocycles. The minimum absolute atomic E-state index is 0.0384. The quantitative estimate of drug-likeness (QED) is 0.682. The second-order valence-corrected chi connectivity index (χ2v) is 4.04. The van der Waals surface area contributed by atoms with Crippen molar-refractivity contribution in [1.82, 2.24) is 4.98 Å². The van der Waals surface area contributed by atoms with Crippen LogP contribution in [0.1, 0.15) is 11.1 Å². The lowest BCUT2D eigenvalue weighted by molar-refractivity contribution is -0.140. The van der Waals surface area contributed by atoms with Crippen LogP contribution in [0.25, 0.3) is 0 Å². The summed E-state index contributed by atoms with van der Waals surface area (Å²) in [6.07, 6.45) is -3.53. The highest BCUT2D eigenvalue weighted by Gasteiger charge is 2.34. The van der Waals surface area contributed by atoms with Crippen molar-refractivity contribution < 1.29 is 22.0 Å². The lowest BCUT2D eigenvalue weighted by Crippen LogP contribution is -2.10. The van der Waals surface area contributed by atoms with Crippen molar-refractivity contribution in [1.29, 1.82) is 0 Å². The summed E-state index contributed by atoms with van der Waals surface area (Å²) in [6, 6.07) is 5.27. The van der Waals surface area contributed by atoms with Crippen molar-refractivity contribution >= 4 is 5.69 Å². The van der Waals surface area contributed by atoms with Gasteiger partial charge in [0.1, 0.15) is 5.82 Å². The van der Waals surface area contributed by atoms with E-state index in [0.29, 0.717) is 5.69 Å². The molecule has 7 heteroatoms. The highest BCUT2D eigenvalue weighted by atomic mass is 19.4. The fourth-order valence-corrected chi connectivity index (χ4v) is 1.58. The molecular weight excluding hydrogens is 279 g/mol. The number of nitrogens with zero attached hydrogens (tertiary/aromatic N) is 1. The van der Waals surface area contributed by atoms with E-state index < -0.39 is 23.5 Å². The lowest BCUT2D eigenvalue weighted by atomic mass is 10.1. The largest absolute Gasteiger partial charge is 0.419 e. The number of aromatic nitrogens is 1. The van der Waals surface area contributed by atoms with Gasteiger partial charge in [0.2, 0.25) is 5.95 Å². The molecule has 2 aromatic rings. The molecule has 0 unspecified atom stereocenters. The molecule has 20 heavy (non-hydrogen) atoms. The minimum Gasteiger partial charge on any atom is -0.380 e. The number of alkyl halides is 3. The monoisotopic (exact) mass is 288 g/mol. The first kappa shape index (κ1) is 14.2.